The lowest BCUT2D eigenvalue weighted by molar-refractivity contribution is -0.133. The first-order chi connectivity index (χ1) is 8.55. The van der Waals surface area contributed by atoms with Gasteiger partial charge in [0.25, 0.3) is 0 Å². The van der Waals surface area contributed by atoms with Crippen molar-refractivity contribution >= 4 is 5.91 Å². The third-order valence-electron chi connectivity index (χ3n) is 4.33. The van der Waals surface area contributed by atoms with Crippen LogP contribution in [0, 0.1) is 0 Å². The molecule has 1 N–H and O–H groups in total. The molecule has 0 aromatic rings. The van der Waals surface area contributed by atoms with Crippen molar-refractivity contribution in [3.63, 3.8) is 0 Å². The fourth-order valence-corrected chi connectivity index (χ4v) is 3.33. The highest BCUT2D eigenvalue weighted by Gasteiger charge is 2.50. The molecule has 2 fully saturated rings. The minimum absolute atomic E-state index is 0.193. The molecule has 1 unspecified atom stereocenters. The highest BCUT2D eigenvalue weighted by atomic mass is 16.2. The summed E-state index contributed by atoms with van der Waals surface area (Å²) in [6.45, 7) is 4.13. The zero-order valence-corrected chi connectivity index (χ0v) is 12.0. The van der Waals surface area contributed by atoms with Gasteiger partial charge in [-0.15, -0.1) is 0 Å². The molecule has 0 aromatic heterocycles. The van der Waals surface area contributed by atoms with Crippen LogP contribution in [0.25, 0.3) is 0 Å². The second-order valence-electron chi connectivity index (χ2n) is 6.12. The maximum Gasteiger partial charge on any atom is 0.244 e. The Labute approximate surface area is 111 Å². The van der Waals surface area contributed by atoms with Gasteiger partial charge in [-0.3, -0.25) is 10.1 Å². The van der Waals surface area contributed by atoms with Crippen LogP contribution in [0.1, 0.15) is 45.4 Å². The summed E-state index contributed by atoms with van der Waals surface area (Å²) in [5, 5.41) is 3.54. The number of carbonyl (C=O) groups excluding carboxylic acids is 1. The quantitative estimate of drug-likeness (QED) is 0.753. The van der Waals surface area contributed by atoms with Crippen LogP contribution < -0.4 is 5.32 Å². The smallest absolute Gasteiger partial charge is 0.244 e. The van der Waals surface area contributed by atoms with Crippen LogP contribution in [0.2, 0.25) is 0 Å². The molecule has 1 amide bonds. The number of unbranched alkanes of at least 4 members (excludes halogenated alkanes) is 1. The first kappa shape index (κ1) is 13.8. The predicted octanol–water partition coefficient (Wildman–Crippen LogP) is 1.42. The molecule has 104 valence electrons. The molecular formula is C14H27N3O. The Hall–Kier alpha value is -0.610. The molecule has 1 saturated carbocycles. The van der Waals surface area contributed by atoms with Crippen molar-refractivity contribution in [2.24, 2.45) is 0 Å². The largest absolute Gasteiger partial charge is 0.326 e. The molecule has 1 saturated heterocycles. The number of hydrogen-bond acceptors (Lipinski definition) is 3. The molecular weight excluding hydrogens is 226 g/mol. The fourth-order valence-electron chi connectivity index (χ4n) is 3.33. The third kappa shape index (κ3) is 2.69. The Morgan fingerprint density at radius 1 is 1.33 bits per heavy atom. The van der Waals surface area contributed by atoms with E-state index >= 15 is 0 Å². The molecule has 1 aliphatic heterocycles. The Morgan fingerprint density at radius 2 is 2.00 bits per heavy atom. The van der Waals surface area contributed by atoms with Crippen molar-refractivity contribution in [3.05, 3.63) is 0 Å². The second-order valence-corrected chi connectivity index (χ2v) is 6.12. The molecule has 18 heavy (non-hydrogen) atoms. The van der Waals surface area contributed by atoms with E-state index in [9.17, 15) is 4.79 Å². The summed E-state index contributed by atoms with van der Waals surface area (Å²) < 4.78 is 0. The van der Waals surface area contributed by atoms with Gasteiger partial charge in [0.1, 0.15) is 0 Å². The summed E-state index contributed by atoms with van der Waals surface area (Å²) in [5.41, 5.74) is -0.193. The van der Waals surface area contributed by atoms with Crippen LogP contribution in [0.5, 0.6) is 0 Å². The van der Waals surface area contributed by atoms with Gasteiger partial charge in [-0.1, -0.05) is 12.8 Å². The second kappa shape index (κ2) is 5.57. The Morgan fingerprint density at radius 3 is 2.61 bits per heavy atom. The molecule has 4 nitrogen and oxygen atoms in total. The van der Waals surface area contributed by atoms with E-state index in [1.807, 2.05) is 0 Å². The molecule has 0 aromatic carbocycles. The van der Waals surface area contributed by atoms with Crippen molar-refractivity contribution in [1.29, 1.82) is 0 Å². The lowest BCUT2D eigenvalue weighted by Gasteiger charge is -2.22. The summed E-state index contributed by atoms with van der Waals surface area (Å²) >= 11 is 0. The summed E-state index contributed by atoms with van der Waals surface area (Å²) in [7, 11) is 4.19. The lowest BCUT2D eigenvalue weighted by Crippen LogP contribution is -2.44. The van der Waals surface area contributed by atoms with Gasteiger partial charge in [0.2, 0.25) is 5.91 Å². The highest BCUT2D eigenvalue weighted by Crippen LogP contribution is 2.36. The van der Waals surface area contributed by atoms with Crippen molar-refractivity contribution in [2.75, 3.05) is 27.2 Å². The van der Waals surface area contributed by atoms with Gasteiger partial charge < -0.3 is 9.80 Å². The molecule has 4 heteroatoms. The number of rotatable bonds is 5. The molecule has 0 bridgehead atoms. The van der Waals surface area contributed by atoms with Crippen LogP contribution in [0.15, 0.2) is 0 Å². The highest BCUT2D eigenvalue weighted by molar-refractivity contribution is 5.89. The minimum Gasteiger partial charge on any atom is -0.326 e. The molecule has 0 radical (unpaired) electrons. The van der Waals surface area contributed by atoms with E-state index in [1.54, 1.807) is 0 Å². The summed E-state index contributed by atoms with van der Waals surface area (Å²) in [6.07, 6.45) is 6.94. The van der Waals surface area contributed by atoms with Gasteiger partial charge in [0.15, 0.2) is 0 Å². The molecule has 1 heterocycles. The van der Waals surface area contributed by atoms with Gasteiger partial charge in [-0.05, 0) is 53.2 Å². The Kier molecular flexibility index (Phi) is 4.28. The maximum absolute atomic E-state index is 12.5. The number of amides is 1. The first-order valence-electron chi connectivity index (χ1n) is 7.29. The fraction of sp³-hybridized carbons (Fsp3) is 0.929. The first-order valence-corrected chi connectivity index (χ1v) is 7.29. The van der Waals surface area contributed by atoms with Crippen molar-refractivity contribution in [2.45, 2.75) is 57.2 Å². The predicted molar refractivity (Wildman–Crippen MR) is 73.3 cm³/mol. The van der Waals surface area contributed by atoms with E-state index in [4.69, 9.17) is 0 Å². The number of hydrogen-bond donors (Lipinski definition) is 1. The lowest BCUT2D eigenvalue weighted by atomic mass is 9.98. The van der Waals surface area contributed by atoms with Crippen LogP contribution in [-0.2, 0) is 4.79 Å². The van der Waals surface area contributed by atoms with E-state index < -0.39 is 0 Å². The van der Waals surface area contributed by atoms with E-state index in [0.29, 0.717) is 5.91 Å². The molecule has 1 atom stereocenters. The molecule has 2 aliphatic rings. The molecule has 2 rings (SSSR count). The summed E-state index contributed by atoms with van der Waals surface area (Å²) in [6, 6.07) is 0. The minimum atomic E-state index is -0.193. The SMILES string of the molecule is CC1NC2(CCCC2)C(=O)N1CCCCN(C)C. The van der Waals surface area contributed by atoms with Gasteiger partial charge in [-0.25, -0.2) is 0 Å². The van der Waals surface area contributed by atoms with Crippen LogP contribution in [0.3, 0.4) is 0 Å². The zero-order chi connectivity index (χ0) is 13.2. The normalized spacial score (nSPS) is 26.8. The third-order valence-corrected chi connectivity index (χ3v) is 4.33. The van der Waals surface area contributed by atoms with Gasteiger partial charge in [-0.2, -0.15) is 0 Å². The van der Waals surface area contributed by atoms with Gasteiger partial charge >= 0.3 is 0 Å². The van der Waals surface area contributed by atoms with Crippen molar-refractivity contribution < 1.29 is 4.79 Å². The van der Waals surface area contributed by atoms with E-state index in [0.717, 1.165) is 38.8 Å². The van der Waals surface area contributed by atoms with Gasteiger partial charge in [0, 0.05) is 6.54 Å². The van der Waals surface area contributed by atoms with E-state index in [2.05, 4.69) is 36.1 Å². The number of nitrogens with one attached hydrogen (secondary N) is 1. The Balaban J connectivity index is 1.83. The standard InChI is InChI=1S/C14H27N3O/c1-12-15-14(8-4-5-9-14)13(18)17(12)11-7-6-10-16(2)3/h12,15H,4-11H2,1-3H3. The summed E-state index contributed by atoms with van der Waals surface area (Å²) in [4.78, 5) is 16.8. The van der Waals surface area contributed by atoms with Crippen LogP contribution in [0.4, 0.5) is 0 Å². The van der Waals surface area contributed by atoms with Gasteiger partial charge in [0.05, 0.1) is 11.7 Å². The Bertz CT molecular complexity index is 297. The molecule has 1 aliphatic carbocycles. The zero-order valence-electron chi connectivity index (χ0n) is 12.0. The van der Waals surface area contributed by atoms with Crippen molar-refractivity contribution in [1.82, 2.24) is 15.1 Å². The van der Waals surface area contributed by atoms with Crippen LogP contribution in [-0.4, -0.2) is 54.6 Å². The number of carbonyl (C=O) groups is 1. The topological polar surface area (TPSA) is 35.6 Å². The molecule has 1 spiro atoms. The maximum atomic E-state index is 12.5. The van der Waals surface area contributed by atoms with E-state index in [-0.39, 0.29) is 11.7 Å². The van der Waals surface area contributed by atoms with E-state index in [1.165, 1.54) is 12.8 Å². The van der Waals surface area contributed by atoms with Crippen molar-refractivity contribution in [3.8, 4) is 0 Å². The van der Waals surface area contributed by atoms with Crippen LogP contribution >= 0.6 is 0 Å². The number of nitrogens with zero attached hydrogens (tertiary/aromatic N) is 2. The monoisotopic (exact) mass is 253 g/mol. The average Bonchev–Trinajstić information content (AvgIpc) is 2.85. The summed E-state index contributed by atoms with van der Waals surface area (Å²) in [5.74, 6) is 0.359. The average molecular weight is 253 g/mol.